The number of aliphatic hydroxyl groups is 1. The molecular weight excluding hydrogens is 252 g/mol. The number of aliphatic hydroxyl groups excluding tert-OH is 1. The first kappa shape index (κ1) is 13.2. The highest BCUT2D eigenvalue weighted by atomic mass is 16.6. The highest BCUT2D eigenvalue weighted by Gasteiger charge is 2.19. The van der Waals surface area contributed by atoms with Gasteiger partial charge < -0.3 is 10.4 Å². The zero-order valence-corrected chi connectivity index (χ0v) is 10.4. The Kier molecular flexibility index (Phi) is 3.91. The maximum atomic E-state index is 10.8. The number of non-ortho nitro benzene ring substituents is 1. The largest absolute Gasteiger partial charge is 0.393 e. The minimum absolute atomic E-state index is 0.130. The van der Waals surface area contributed by atoms with Crippen LogP contribution in [0.1, 0.15) is 19.8 Å². The molecule has 1 atom stereocenters. The van der Waals surface area contributed by atoms with Crippen LogP contribution in [-0.4, -0.2) is 33.0 Å². The number of hydrogen-bond donors (Lipinski definition) is 2. The SMILES string of the molecule is CC(O)CCCNc1ccc([N+](=O)[O-])c2nonc12. The minimum atomic E-state index is -0.524. The average Bonchev–Trinajstić information content (AvgIpc) is 2.83. The third kappa shape index (κ3) is 2.97. The van der Waals surface area contributed by atoms with E-state index in [0.29, 0.717) is 24.2 Å². The van der Waals surface area contributed by atoms with Gasteiger partial charge in [0.2, 0.25) is 5.52 Å². The highest BCUT2D eigenvalue weighted by molar-refractivity contribution is 5.93. The summed E-state index contributed by atoms with van der Waals surface area (Å²) in [6, 6.07) is 2.94. The molecule has 0 bridgehead atoms. The zero-order valence-electron chi connectivity index (χ0n) is 10.4. The molecule has 0 aliphatic heterocycles. The smallest absolute Gasteiger partial charge is 0.300 e. The van der Waals surface area contributed by atoms with Crippen LogP contribution in [0.2, 0.25) is 0 Å². The number of benzene rings is 1. The van der Waals surface area contributed by atoms with Crippen LogP contribution in [-0.2, 0) is 0 Å². The van der Waals surface area contributed by atoms with Crippen LogP contribution >= 0.6 is 0 Å². The van der Waals surface area contributed by atoms with Gasteiger partial charge in [0.15, 0.2) is 5.52 Å². The summed E-state index contributed by atoms with van der Waals surface area (Å²) in [6.07, 6.45) is 1.12. The Morgan fingerprint density at radius 2 is 2.21 bits per heavy atom. The molecule has 102 valence electrons. The lowest BCUT2D eigenvalue weighted by atomic mass is 10.2. The first-order chi connectivity index (χ1) is 9.09. The number of nitrogens with one attached hydrogen (secondary N) is 1. The van der Waals surface area contributed by atoms with E-state index in [0.717, 1.165) is 6.42 Å². The maximum Gasteiger partial charge on any atom is 0.300 e. The van der Waals surface area contributed by atoms with Crippen LogP contribution in [0, 0.1) is 10.1 Å². The maximum absolute atomic E-state index is 10.8. The van der Waals surface area contributed by atoms with Gasteiger partial charge in [0.25, 0.3) is 0 Å². The predicted molar refractivity (Wildman–Crippen MR) is 67.9 cm³/mol. The Balaban J connectivity index is 2.14. The van der Waals surface area contributed by atoms with E-state index in [2.05, 4.69) is 20.3 Å². The van der Waals surface area contributed by atoms with Crippen LogP contribution in [0.15, 0.2) is 16.8 Å². The number of rotatable bonds is 6. The van der Waals surface area contributed by atoms with Crippen LogP contribution < -0.4 is 5.32 Å². The lowest BCUT2D eigenvalue weighted by Gasteiger charge is -2.07. The molecule has 19 heavy (non-hydrogen) atoms. The number of aromatic nitrogens is 2. The van der Waals surface area contributed by atoms with Gasteiger partial charge >= 0.3 is 5.69 Å². The molecule has 1 heterocycles. The molecule has 0 saturated heterocycles. The van der Waals surface area contributed by atoms with Gasteiger partial charge in [-0.2, -0.15) is 0 Å². The highest BCUT2D eigenvalue weighted by Crippen LogP contribution is 2.28. The van der Waals surface area contributed by atoms with Crippen LogP contribution in [0.3, 0.4) is 0 Å². The molecule has 0 aliphatic rings. The average molecular weight is 266 g/mol. The number of hydrogen-bond acceptors (Lipinski definition) is 7. The molecule has 2 rings (SSSR count). The van der Waals surface area contributed by atoms with Crippen molar-refractivity contribution in [2.75, 3.05) is 11.9 Å². The Labute approximate surface area is 108 Å². The van der Waals surface area contributed by atoms with E-state index < -0.39 is 4.92 Å². The van der Waals surface area contributed by atoms with Crippen LogP contribution in [0.5, 0.6) is 0 Å². The van der Waals surface area contributed by atoms with Gasteiger partial charge in [-0.25, -0.2) is 4.63 Å². The molecular formula is C11H14N4O4. The first-order valence-corrected chi connectivity index (χ1v) is 5.91. The van der Waals surface area contributed by atoms with Crippen molar-refractivity contribution >= 4 is 22.4 Å². The standard InChI is InChI=1S/C11H14N4O4/c1-7(16)3-2-6-12-8-4-5-9(15(17)18)11-10(8)13-19-14-11/h4-5,7,12,16H,2-3,6H2,1H3. The van der Waals surface area contributed by atoms with E-state index >= 15 is 0 Å². The predicted octanol–water partition coefficient (Wildman–Crippen LogP) is 1.70. The van der Waals surface area contributed by atoms with E-state index in [1.54, 1.807) is 13.0 Å². The van der Waals surface area contributed by atoms with Crippen molar-refractivity contribution in [3.8, 4) is 0 Å². The summed E-state index contributed by atoms with van der Waals surface area (Å²) in [5, 5.41) is 30.3. The molecule has 2 aromatic rings. The number of anilines is 1. The first-order valence-electron chi connectivity index (χ1n) is 5.91. The second-order valence-corrected chi connectivity index (χ2v) is 4.27. The molecule has 0 amide bonds. The summed E-state index contributed by atoms with van der Waals surface area (Å²) in [5.41, 5.74) is 0.968. The molecule has 0 radical (unpaired) electrons. The Hall–Kier alpha value is -2.22. The van der Waals surface area contributed by atoms with Crippen molar-refractivity contribution in [1.82, 2.24) is 10.3 Å². The van der Waals surface area contributed by atoms with Gasteiger partial charge in [-0.1, -0.05) is 0 Å². The monoisotopic (exact) mass is 266 g/mol. The van der Waals surface area contributed by atoms with Gasteiger partial charge in [-0.15, -0.1) is 0 Å². The summed E-state index contributed by atoms with van der Waals surface area (Å²) in [4.78, 5) is 10.3. The van der Waals surface area contributed by atoms with Crippen molar-refractivity contribution in [3.05, 3.63) is 22.2 Å². The van der Waals surface area contributed by atoms with Crippen LogP contribution in [0.25, 0.3) is 11.0 Å². The minimum Gasteiger partial charge on any atom is -0.393 e. The number of fused-ring (bicyclic) bond motifs is 1. The summed E-state index contributed by atoms with van der Waals surface area (Å²) < 4.78 is 4.56. The Bertz CT molecular complexity index is 581. The van der Waals surface area contributed by atoms with Crippen molar-refractivity contribution in [2.45, 2.75) is 25.9 Å². The van der Waals surface area contributed by atoms with Gasteiger partial charge in [0, 0.05) is 12.6 Å². The Morgan fingerprint density at radius 3 is 2.89 bits per heavy atom. The normalized spacial score (nSPS) is 12.5. The molecule has 1 aromatic heterocycles. The third-order valence-electron chi connectivity index (χ3n) is 2.70. The topological polar surface area (TPSA) is 114 Å². The lowest BCUT2D eigenvalue weighted by molar-refractivity contribution is -0.383. The summed E-state index contributed by atoms with van der Waals surface area (Å²) in [7, 11) is 0. The number of nitro benzene ring substituents is 1. The van der Waals surface area contributed by atoms with Gasteiger partial charge in [-0.05, 0) is 36.1 Å². The van der Waals surface area contributed by atoms with Crippen LogP contribution in [0.4, 0.5) is 11.4 Å². The quantitative estimate of drug-likeness (QED) is 0.464. The summed E-state index contributed by atoms with van der Waals surface area (Å²) in [5.74, 6) is 0. The molecule has 2 N–H and O–H groups in total. The molecule has 0 saturated carbocycles. The zero-order chi connectivity index (χ0) is 13.8. The lowest BCUT2D eigenvalue weighted by Crippen LogP contribution is -2.07. The molecule has 1 unspecified atom stereocenters. The molecule has 1 aromatic carbocycles. The number of nitro groups is 1. The Morgan fingerprint density at radius 1 is 1.47 bits per heavy atom. The van der Waals surface area contributed by atoms with Gasteiger partial charge in [-0.3, -0.25) is 10.1 Å². The fraction of sp³-hybridized carbons (Fsp3) is 0.455. The van der Waals surface area contributed by atoms with E-state index in [4.69, 9.17) is 5.11 Å². The molecule has 0 aliphatic carbocycles. The summed E-state index contributed by atoms with van der Waals surface area (Å²) in [6.45, 7) is 2.36. The molecule has 0 spiro atoms. The summed E-state index contributed by atoms with van der Waals surface area (Å²) >= 11 is 0. The second kappa shape index (κ2) is 5.61. The van der Waals surface area contributed by atoms with Crippen molar-refractivity contribution < 1.29 is 14.7 Å². The molecule has 0 fully saturated rings. The third-order valence-corrected chi connectivity index (χ3v) is 2.70. The van der Waals surface area contributed by atoms with Crippen molar-refractivity contribution in [2.24, 2.45) is 0 Å². The molecule has 8 heteroatoms. The van der Waals surface area contributed by atoms with Gasteiger partial charge in [0.05, 0.1) is 16.7 Å². The number of nitrogens with zero attached hydrogens (tertiary/aromatic N) is 3. The van der Waals surface area contributed by atoms with E-state index in [9.17, 15) is 10.1 Å². The second-order valence-electron chi connectivity index (χ2n) is 4.27. The fourth-order valence-electron chi connectivity index (χ4n) is 1.76. The van der Waals surface area contributed by atoms with Gasteiger partial charge in [0.1, 0.15) is 0 Å². The van der Waals surface area contributed by atoms with E-state index in [-0.39, 0.29) is 17.3 Å². The fourth-order valence-corrected chi connectivity index (χ4v) is 1.76. The van der Waals surface area contributed by atoms with Crippen molar-refractivity contribution in [1.29, 1.82) is 0 Å². The van der Waals surface area contributed by atoms with Crippen molar-refractivity contribution in [3.63, 3.8) is 0 Å². The molecule has 8 nitrogen and oxygen atoms in total. The van der Waals surface area contributed by atoms with E-state index in [1.165, 1.54) is 6.07 Å². The van der Waals surface area contributed by atoms with E-state index in [1.807, 2.05) is 0 Å².